The van der Waals surface area contributed by atoms with Crippen molar-refractivity contribution >= 4 is 29.2 Å². The number of nitrogens with one attached hydrogen (secondary N) is 2. The predicted molar refractivity (Wildman–Crippen MR) is 114 cm³/mol. The second kappa shape index (κ2) is 9.20. The third kappa shape index (κ3) is 4.92. The number of amides is 4. The Morgan fingerprint density at radius 2 is 1.76 bits per heavy atom. The number of halogens is 3. The lowest BCUT2D eigenvalue weighted by molar-refractivity contribution is -0.137. The van der Waals surface area contributed by atoms with E-state index in [4.69, 9.17) is 4.74 Å². The van der Waals surface area contributed by atoms with Gasteiger partial charge in [-0.15, -0.1) is 0 Å². The van der Waals surface area contributed by atoms with Gasteiger partial charge in [-0.2, -0.15) is 13.2 Å². The second-order valence-electron chi connectivity index (χ2n) is 8.70. The Morgan fingerprint density at radius 1 is 1.09 bits per heavy atom. The molecule has 0 atom stereocenters. The number of alkyl halides is 3. The summed E-state index contributed by atoms with van der Waals surface area (Å²) >= 11 is 0. The SMILES string of the molecule is O=C(CN1C(=O)NC2(CCCCCC2)C1=O)Nc1cc(C(F)(F)F)ccc1N1CCOCC1. The summed E-state index contributed by atoms with van der Waals surface area (Å²) in [7, 11) is 0. The van der Waals surface area contributed by atoms with Gasteiger partial charge in [0.05, 0.1) is 30.2 Å². The first kappa shape index (κ1) is 23.3. The number of imide groups is 1. The third-order valence-corrected chi connectivity index (χ3v) is 6.45. The number of benzene rings is 1. The van der Waals surface area contributed by atoms with Gasteiger partial charge in [-0.25, -0.2) is 4.79 Å². The molecule has 2 aliphatic heterocycles. The minimum absolute atomic E-state index is 0.0204. The molecule has 2 saturated heterocycles. The van der Waals surface area contributed by atoms with E-state index >= 15 is 0 Å². The Hall–Kier alpha value is -2.82. The van der Waals surface area contributed by atoms with Crippen LogP contribution in [0.25, 0.3) is 0 Å². The number of hydrogen-bond acceptors (Lipinski definition) is 5. The Morgan fingerprint density at radius 3 is 2.39 bits per heavy atom. The van der Waals surface area contributed by atoms with Gasteiger partial charge >= 0.3 is 12.2 Å². The van der Waals surface area contributed by atoms with Crippen molar-refractivity contribution in [2.45, 2.75) is 50.2 Å². The van der Waals surface area contributed by atoms with E-state index in [2.05, 4.69) is 10.6 Å². The summed E-state index contributed by atoms with van der Waals surface area (Å²) in [5.41, 5.74) is -1.48. The van der Waals surface area contributed by atoms with Crippen molar-refractivity contribution in [3.05, 3.63) is 23.8 Å². The number of nitrogens with zero attached hydrogens (tertiary/aromatic N) is 2. The molecule has 1 aliphatic carbocycles. The zero-order chi connectivity index (χ0) is 23.6. The number of carbonyl (C=O) groups is 3. The van der Waals surface area contributed by atoms with E-state index in [0.717, 1.165) is 42.7 Å². The molecule has 180 valence electrons. The van der Waals surface area contributed by atoms with Gasteiger partial charge in [0.2, 0.25) is 5.91 Å². The van der Waals surface area contributed by atoms with Gasteiger partial charge in [0, 0.05) is 13.1 Å². The summed E-state index contributed by atoms with van der Waals surface area (Å²) in [6, 6.07) is 2.52. The van der Waals surface area contributed by atoms with E-state index in [-0.39, 0.29) is 5.69 Å². The highest BCUT2D eigenvalue weighted by Crippen LogP contribution is 2.36. The monoisotopic (exact) mass is 468 g/mol. The average molecular weight is 468 g/mol. The third-order valence-electron chi connectivity index (χ3n) is 6.45. The topological polar surface area (TPSA) is 91.0 Å². The summed E-state index contributed by atoms with van der Waals surface area (Å²) in [5, 5.41) is 5.25. The molecule has 1 saturated carbocycles. The van der Waals surface area contributed by atoms with Crippen LogP contribution >= 0.6 is 0 Å². The molecule has 1 aromatic carbocycles. The van der Waals surface area contributed by atoms with E-state index in [1.807, 2.05) is 4.90 Å². The highest BCUT2D eigenvalue weighted by atomic mass is 19.4. The zero-order valence-corrected chi connectivity index (χ0v) is 18.2. The molecule has 33 heavy (non-hydrogen) atoms. The van der Waals surface area contributed by atoms with E-state index in [0.29, 0.717) is 44.8 Å². The normalized spacial score (nSPS) is 21.2. The molecular weight excluding hydrogens is 441 g/mol. The number of urea groups is 1. The van der Waals surface area contributed by atoms with Crippen LogP contribution in [0.1, 0.15) is 44.1 Å². The lowest BCUT2D eigenvalue weighted by Crippen LogP contribution is -2.47. The summed E-state index contributed by atoms with van der Waals surface area (Å²) in [5.74, 6) is -1.18. The molecule has 0 radical (unpaired) electrons. The Kier molecular flexibility index (Phi) is 6.51. The van der Waals surface area contributed by atoms with E-state index in [9.17, 15) is 27.6 Å². The minimum Gasteiger partial charge on any atom is -0.378 e. The van der Waals surface area contributed by atoms with Crippen LogP contribution < -0.4 is 15.5 Å². The van der Waals surface area contributed by atoms with Crippen molar-refractivity contribution in [2.24, 2.45) is 0 Å². The molecule has 11 heteroatoms. The number of morpholine rings is 1. The van der Waals surface area contributed by atoms with Gasteiger partial charge in [-0.3, -0.25) is 14.5 Å². The summed E-state index contributed by atoms with van der Waals surface area (Å²) < 4.78 is 45.2. The largest absolute Gasteiger partial charge is 0.416 e. The Bertz CT molecular complexity index is 923. The molecule has 1 aromatic rings. The predicted octanol–water partition coefficient (Wildman–Crippen LogP) is 3.13. The van der Waals surface area contributed by atoms with Crippen LogP contribution in [0.4, 0.5) is 29.3 Å². The standard InChI is InChI=1S/C22H27F3N4O4/c23-22(24,25)15-5-6-17(28-9-11-33-12-10-28)16(13-15)26-18(30)14-29-19(31)21(27-20(29)32)7-3-1-2-4-8-21/h5-6,13H,1-4,7-12,14H2,(H,26,30)(H,27,32). The number of carbonyl (C=O) groups excluding carboxylic acids is 3. The maximum Gasteiger partial charge on any atom is 0.416 e. The van der Waals surface area contributed by atoms with Gasteiger partial charge in [0.15, 0.2) is 0 Å². The molecule has 4 amide bonds. The highest BCUT2D eigenvalue weighted by Gasteiger charge is 2.51. The summed E-state index contributed by atoms with van der Waals surface area (Å²) in [4.78, 5) is 41.0. The van der Waals surface area contributed by atoms with Crippen molar-refractivity contribution in [2.75, 3.05) is 43.1 Å². The molecule has 0 bridgehead atoms. The molecule has 0 aromatic heterocycles. The minimum atomic E-state index is -4.58. The van der Waals surface area contributed by atoms with Crippen molar-refractivity contribution in [3.8, 4) is 0 Å². The fraction of sp³-hybridized carbons (Fsp3) is 0.591. The van der Waals surface area contributed by atoms with Crippen molar-refractivity contribution in [1.29, 1.82) is 0 Å². The van der Waals surface area contributed by atoms with Crippen LogP contribution in [0.2, 0.25) is 0 Å². The molecule has 1 spiro atoms. The van der Waals surface area contributed by atoms with Crippen LogP contribution in [0.15, 0.2) is 18.2 Å². The lowest BCUT2D eigenvalue weighted by atomic mass is 9.90. The van der Waals surface area contributed by atoms with E-state index in [1.165, 1.54) is 6.07 Å². The zero-order valence-electron chi connectivity index (χ0n) is 18.2. The van der Waals surface area contributed by atoms with Gasteiger partial charge in [0.25, 0.3) is 5.91 Å². The van der Waals surface area contributed by atoms with E-state index in [1.54, 1.807) is 0 Å². The first-order chi connectivity index (χ1) is 15.7. The molecular formula is C22H27F3N4O4. The molecule has 3 aliphatic rings. The second-order valence-corrected chi connectivity index (χ2v) is 8.70. The number of anilines is 2. The molecule has 2 heterocycles. The number of rotatable bonds is 4. The van der Waals surface area contributed by atoms with Gasteiger partial charge in [-0.05, 0) is 31.0 Å². The molecule has 8 nitrogen and oxygen atoms in total. The fourth-order valence-corrected chi connectivity index (χ4v) is 4.72. The summed E-state index contributed by atoms with van der Waals surface area (Å²) in [6.07, 6.45) is 0.0175. The van der Waals surface area contributed by atoms with Crippen molar-refractivity contribution in [3.63, 3.8) is 0 Å². The van der Waals surface area contributed by atoms with Crippen LogP contribution in [-0.4, -0.2) is 61.1 Å². The summed E-state index contributed by atoms with van der Waals surface area (Å²) in [6.45, 7) is 1.19. The fourth-order valence-electron chi connectivity index (χ4n) is 4.72. The molecule has 3 fully saturated rings. The smallest absolute Gasteiger partial charge is 0.378 e. The van der Waals surface area contributed by atoms with Crippen molar-refractivity contribution in [1.82, 2.24) is 10.2 Å². The first-order valence-electron chi connectivity index (χ1n) is 11.2. The van der Waals surface area contributed by atoms with Gasteiger partial charge in [-0.1, -0.05) is 25.7 Å². The lowest BCUT2D eigenvalue weighted by Gasteiger charge is -2.31. The average Bonchev–Trinajstić information content (AvgIpc) is 2.93. The highest BCUT2D eigenvalue weighted by molar-refractivity contribution is 6.10. The quantitative estimate of drug-likeness (QED) is 0.663. The Balaban J connectivity index is 1.52. The first-order valence-corrected chi connectivity index (χ1v) is 11.2. The van der Waals surface area contributed by atoms with Crippen molar-refractivity contribution < 1.29 is 32.3 Å². The number of hydrogen-bond donors (Lipinski definition) is 2. The van der Waals surface area contributed by atoms with Gasteiger partial charge in [0.1, 0.15) is 12.1 Å². The maximum absolute atomic E-state index is 13.3. The maximum atomic E-state index is 13.3. The Labute approximate surface area is 189 Å². The van der Waals surface area contributed by atoms with Crippen LogP contribution in [-0.2, 0) is 20.5 Å². The van der Waals surface area contributed by atoms with Gasteiger partial charge < -0.3 is 20.3 Å². The van der Waals surface area contributed by atoms with Crippen LogP contribution in [0.3, 0.4) is 0 Å². The number of ether oxygens (including phenoxy) is 1. The molecule has 2 N–H and O–H groups in total. The van der Waals surface area contributed by atoms with Crippen LogP contribution in [0.5, 0.6) is 0 Å². The molecule has 0 unspecified atom stereocenters. The molecule has 4 rings (SSSR count). The van der Waals surface area contributed by atoms with Crippen LogP contribution in [0, 0.1) is 0 Å². The van der Waals surface area contributed by atoms with E-state index < -0.39 is 41.7 Å².